The lowest BCUT2D eigenvalue weighted by molar-refractivity contribution is -0.384. The first-order valence-electron chi connectivity index (χ1n) is 6.72. The number of rotatable bonds is 4. The molecule has 0 saturated heterocycles. The molecule has 0 radical (unpaired) electrons. The molecular weight excluding hydrogens is 343 g/mol. The van der Waals surface area contributed by atoms with Crippen LogP contribution in [0.15, 0.2) is 24.3 Å². The Hall–Kier alpha value is -3.42. The summed E-state index contributed by atoms with van der Waals surface area (Å²) < 4.78 is 39.1. The summed E-state index contributed by atoms with van der Waals surface area (Å²) in [7, 11) is 0. The van der Waals surface area contributed by atoms with Crippen LogP contribution in [0, 0.1) is 28.4 Å². The number of hydrogen-bond donors (Lipinski definition) is 1. The van der Waals surface area contributed by atoms with E-state index >= 15 is 0 Å². The minimum Gasteiger partial charge on any atom is -0.323 e. The number of nitriles is 1. The van der Waals surface area contributed by atoms with Gasteiger partial charge in [-0.25, -0.2) is 0 Å². The highest BCUT2D eigenvalue weighted by Crippen LogP contribution is 2.29. The average molecular weight is 353 g/mol. The van der Waals surface area contributed by atoms with Crippen LogP contribution in [-0.4, -0.2) is 20.6 Å². The lowest BCUT2D eigenvalue weighted by atomic mass is 10.1. The molecule has 1 aromatic carbocycles. The first-order chi connectivity index (χ1) is 11.6. The highest BCUT2D eigenvalue weighted by Gasteiger charge is 2.35. The summed E-state index contributed by atoms with van der Waals surface area (Å²) in [4.78, 5) is 21.9. The van der Waals surface area contributed by atoms with Crippen LogP contribution < -0.4 is 5.32 Å². The lowest BCUT2D eigenvalue weighted by Crippen LogP contribution is -2.24. The number of nitrogens with zero attached hydrogens (tertiary/aromatic N) is 4. The molecular formula is C14H10F3N5O3. The van der Waals surface area contributed by atoms with Gasteiger partial charge in [-0.05, 0) is 19.1 Å². The van der Waals surface area contributed by atoms with Gasteiger partial charge in [0.1, 0.15) is 18.3 Å². The average Bonchev–Trinajstić information content (AvgIpc) is 2.88. The van der Waals surface area contributed by atoms with E-state index in [9.17, 15) is 28.1 Å². The van der Waals surface area contributed by atoms with E-state index in [1.54, 1.807) is 6.07 Å². The predicted octanol–water partition coefficient (Wildman–Crippen LogP) is 2.63. The molecule has 1 aromatic heterocycles. The third kappa shape index (κ3) is 4.11. The number of carbonyl (C=O) groups is 1. The van der Waals surface area contributed by atoms with E-state index in [1.165, 1.54) is 6.92 Å². The molecule has 8 nitrogen and oxygen atoms in total. The fourth-order valence-corrected chi connectivity index (χ4v) is 2.07. The number of alkyl halides is 3. The molecule has 130 valence electrons. The quantitative estimate of drug-likeness (QED) is 0.670. The minimum absolute atomic E-state index is 0.0458. The van der Waals surface area contributed by atoms with Gasteiger partial charge in [-0.15, -0.1) is 0 Å². The fraction of sp³-hybridized carbons (Fsp3) is 0.214. The summed E-state index contributed by atoms with van der Waals surface area (Å²) in [5.41, 5.74) is -1.57. The second-order valence-electron chi connectivity index (χ2n) is 4.97. The maximum atomic E-state index is 12.9. The largest absolute Gasteiger partial charge is 0.433 e. The van der Waals surface area contributed by atoms with Gasteiger partial charge in [-0.3, -0.25) is 19.6 Å². The standard InChI is InChI=1S/C14H10F3N5O3/c1-8-4-12(14(15,16)17)21(20-8)7-13(23)19-11-3-2-10(22(24)25)5-9(11)6-18/h2-5H,7H2,1H3,(H,19,23). The van der Waals surface area contributed by atoms with Crippen LogP contribution >= 0.6 is 0 Å². The van der Waals surface area contributed by atoms with E-state index in [-0.39, 0.29) is 22.6 Å². The van der Waals surface area contributed by atoms with E-state index in [4.69, 9.17) is 5.26 Å². The normalized spacial score (nSPS) is 11.0. The van der Waals surface area contributed by atoms with E-state index in [0.29, 0.717) is 4.68 Å². The number of aryl methyl sites for hydroxylation is 1. The van der Waals surface area contributed by atoms with Crippen molar-refractivity contribution in [3.05, 3.63) is 51.3 Å². The Morgan fingerprint density at radius 2 is 2.12 bits per heavy atom. The van der Waals surface area contributed by atoms with Gasteiger partial charge in [0.15, 0.2) is 0 Å². The molecule has 0 atom stereocenters. The molecule has 2 aromatic rings. The molecule has 0 aliphatic carbocycles. The number of benzene rings is 1. The molecule has 0 spiro atoms. The Kier molecular flexibility index (Phi) is 4.73. The maximum Gasteiger partial charge on any atom is 0.433 e. The molecule has 2 rings (SSSR count). The fourth-order valence-electron chi connectivity index (χ4n) is 2.07. The first-order valence-corrected chi connectivity index (χ1v) is 6.72. The van der Waals surface area contributed by atoms with Gasteiger partial charge in [0, 0.05) is 12.1 Å². The van der Waals surface area contributed by atoms with Crippen LogP contribution in [0.4, 0.5) is 24.5 Å². The van der Waals surface area contributed by atoms with Crippen molar-refractivity contribution in [1.29, 1.82) is 5.26 Å². The van der Waals surface area contributed by atoms with Crippen molar-refractivity contribution in [2.24, 2.45) is 0 Å². The zero-order chi connectivity index (χ0) is 18.8. The second-order valence-corrected chi connectivity index (χ2v) is 4.97. The summed E-state index contributed by atoms with van der Waals surface area (Å²) in [6.45, 7) is 0.623. The van der Waals surface area contributed by atoms with E-state index in [0.717, 1.165) is 24.3 Å². The molecule has 25 heavy (non-hydrogen) atoms. The van der Waals surface area contributed by atoms with Gasteiger partial charge in [0.2, 0.25) is 5.91 Å². The van der Waals surface area contributed by atoms with Crippen molar-refractivity contribution in [3.63, 3.8) is 0 Å². The number of halogens is 3. The van der Waals surface area contributed by atoms with Gasteiger partial charge < -0.3 is 5.32 Å². The molecule has 1 amide bonds. The molecule has 0 aliphatic heterocycles. The molecule has 0 saturated carbocycles. The Labute approximate surface area is 138 Å². The SMILES string of the molecule is Cc1cc(C(F)(F)F)n(CC(=O)Nc2ccc([N+](=O)[O-])cc2C#N)n1. The summed E-state index contributed by atoms with van der Waals surface area (Å²) in [6.07, 6.45) is -4.67. The zero-order valence-corrected chi connectivity index (χ0v) is 12.7. The Bertz CT molecular complexity index is 883. The molecule has 0 aliphatic rings. The number of non-ortho nitro benzene ring substituents is 1. The smallest absolute Gasteiger partial charge is 0.323 e. The number of nitrogens with one attached hydrogen (secondary N) is 1. The highest BCUT2D eigenvalue weighted by molar-refractivity contribution is 5.92. The molecule has 1 N–H and O–H groups in total. The number of amides is 1. The van der Waals surface area contributed by atoms with Crippen LogP contribution in [0.2, 0.25) is 0 Å². The van der Waals surface area contributed by atoms with Crippen molar-refractivity contribution >= 4 is 17.3 Å². The summed E-state index contributed by atoms with van der Waals surface area (Å²) in [5, 5.41) is 25.5. The van der Waals surface area contributed by atoms with Crippen LogP contribution in [0.5, 0.6) is 0 Å². The van der Waals surface area contributed by atoms with Crippen molar-refractivity contribution in [2.45, 2.75) is 19.6 Å². The number of nitro groups is 1. The van der Waals surface area contributed by atoms with Crippen LogP contribution in [0.25, 0.3) is 0 Å². The lowest BCUT2D eigenvalue weighted by Gasteiger charge is -2.11. The van der Waals surface area contributed by atoms with Crippen LogP contribution in [-0.2, 0) is 17.5 Å². The Balaban J connectivity index is 2.22. The van der Waals surface area contributed by atoms with Gasteiger partial charge in [0.05, 0.1) is 21.9 Å². The topological polar surface area (TPSA) is 114 Å². The maximum absolute atomic E-state index is 12.9. The van der Waals surface area contributed by atoms with E-state index < -0.39 is 29.2 Å². The zero-order valence-electron chi connectivity index (χ0n) is 12.7. The number of nitro benzene ring substituents is 1. The van der Waals surface area contributed by atoms with Gasteiger partial charge >= 0.3 is 6.18 Å². The van der Waals surface area contributed by atoms with Gasteiger partial charge in [-0.2, -0.15) is 23.5 Å². The van der Waals surface area contributed by atoms with Gasteiger partial charge in [-0.1, -0.05) is 0 Å². The van der Waals surface area contributed by atoms with Crippen LogP contribution in [0.1, 0.15) is 17.0 Å². The van der Waals surface area contributed by atoms with Gasteiger partial charge in [0.25, 0.3) is 5.69 Å². The summed E-state index contributed by atoms with van der Waals surface area (Å²) in [6, 6.07) is 5.63. The molecule has 0 bridgehead atoms. The number of carbonyl (C=O) groups excluding carboxylic acids is 1. The van der Waals surface area contributed by atoms with E-state index in [1.807, 2.05) is 0 Å². The molecule has 1 heterocycles. The van der Waals surface area contributed by atoms with E-state index in [2.05, 4.69) is 10.4 Å². The third-order valence-electron chi connectivity index (χ3n) is 3.09. The van der Waals surface area contributed by atoms with Crippen molar-refractivity contribution in [2.75, 3.05) is 5.32 Å². The summed E-state index contributed by atoms with van der Waals surface area (Å²) >= 11 is 0. The van der Waals surface area contributed by atoms with Crippen molar-refractivity contribution < 1.29 is 22.9 Å². The summed E-state index contributed by atoms with van der Waals surface area (Å²) in [5.74, 6) is -0.862. The Morgan fingerprint density at radius 1 is 1.44 bits per heavy atom. The molecule has 0 fully saturated rings. The predicted molar refractivity (Wildman–Crippen MR) is 78.4 cm³/mol. The van der Waals surface area contributed by atoms with Crippen LogP contribution in [0.3, 0.4) is 0 Å². The molecule has 11 heteroatoms. The van der Waals surface area contributed by atoms with Crippen molar-refractivity contribution in [3.8, 4) is 6.07 Å². The second kappa shape index (κ2) is 6.60. The number of aromatic nitrogens is 2. The first kappa shape index (κ1) is 17.9. The molecule has 0 unspecified atom stereocenters. The highest BCUT2D eigenvalue weighted by atomic mass is 19.4. The minimum atomic E-state index is -4.67. The van der Waals surface area contributed by atoms with Crippen molar-refractivity contribution in [1.82, 2.24) is 9.78 Å². The number of hydrogen-bond acceptors (Lipinski definition) is 5. The third-order valence-corrected chi connectivity index (χ3v) is 3.09. The number of anilines is 1. The Morgan fingerprint density at radius 3 is 2.68 bits per heavy atom. The monoisotopic (exact) mass is 353 g/mol.